The third kappa shape index (κ3) is 5.39. The SMILES string of the molecule is Cc1ccc(N2CC(C(=O)Nc3ccccc3COc3ccc(CC#N)cc3)CC2=O)cc1. The standard InChI is InChI=1S/C27H25N3O3/c1-19-6-10-23(11-7-19)30-17-22(16-26(30)31)27(32)29-25-5-3-2-4-21(25)18-33-24-12-8-20(9-13-24)14-15-28/h2-13,22H,14,16-18H2,1H3,(H,29,32). The van der Waals surface area contributed by atoms with Gasteiger partial charge in [0.05, 0.1) is 18.4 Å². The zero-order valence-electron chi connectivity index (χ0n) is 18.5. The van der Waals surface area contributed by atoms with Gasteiger partial charge in [0.2, 0.25) is 11.8 Å². The highest BCUT2D eigenvalue weighted by Gasteiger charge is 2.35. The first-order valence-corrected chi connectivity index (χ1v) is 10.9. The summed E-state index contributed by atoms with van der Waals surface area (Å²) < 4.78 is 5.88. The fraction of sp³-hybridized carbons (Fsp3) is 0.222. The predicted molar refractivity (Wildman–Crippen MR) is 127 cm³/mol. The van der Waals surface area contributed by atoms with Crippen molar-refractivity contribution >= 4 is 23.2 Å². The molecule has 1 N–H and O–H groups in total. The quantitative estimate of drug-likeness (QED) is 0.582. The second-order valence-electron chi connectivity index (χ2n) is 8.15. The van der Waals surface area contributed by atoms with Crippen molar-refractivity contribution in [3.05, 3.63) is 89.5 Å². The number of aryl methyl sites for hydroxylation is 1. The van der Waals surface area contributed by atoms with Crippen LogP contribution in [0, 0.1) is 24.2 Å². The van der Waals surface area contributed by atoms with E-state index in [1.807, 2.05) is 79.7 Å². The number of benzene rings is 3. The summed E-state index contributed by atoms with van der Waals surface area (Å²) >= 11 is 0. The van der Waals surface area contributed by atoms with E-state index in [0.29, 0.717) is 24.4 Å². The maximum absolute atomic E-state index is 13.0. The Labute approximate surface area is 193 Å². The second kappa shape index (κ2) is 10.0. The Morgan fingerprint density at radius 2 is 1.82 bits per heavy atom. The van der Waals surface area contributed by atoms with E-state index in [9.17, 15) is 9.59 Å². The number of nitrogens with one attached hydrogen (secondary N) is 1. The smallest absolute Gasteiger partial charge is 0.229 e. The number of anilines is 2. The zero-order valence-corrected chi connectivity index (χ0v) is 18.5. The largest absolute Gasteiger partial charge is 0.489 e. The summed E-state index contributed by atoms with van der Waals surface area (Å²) in [5.41, 5.74) is 4.38. The molecule has 3 aromatic carbocycles. The molecule has 6 heteroatoms. The first-order chi connectivity index (χ1) is 16.0. The molecule has 33 heavy (non-hydrogen) atoms. The molecule has 1 atom stereocenters. The average molecular weight is 440 g/mol. The number of nitrogens with zero attached hydrogens (tertiary/aromatic N) is 2. The first kappa shape index (κ1) is 22.1. The Bertz CT molecular complexity index is 1180. The number of para-hydroxylation sites is 1. The maximum Gasteiger partial charge on any atom is 0.229 e. The van der Waals surface area contributed by atoms with Crippen LogP contribution in [0.25, 0.3) is 0 Å². The Hall–Kier alpha value is -4.11. The molecule has 0 spiro atoms. The molecule has 1 heterocycles. The van der Waals surface area contributed by atoms with E-state index in [-0.39, 0.29) is 24.8 Å². The Kier molecular flexibility index (Phi) is 6.70. The minimum Gasteiger partial charge on any atom is -0.489 e. The molecule has 1 aliphatic rings. The van der Waals surface area contributed by atoms with Crippen LogP contribution in [0.2, 0.25) is 0 Å². The molecule has 0 saturated carbocycles. The third-order valence-corrected chi connectivity index (χ3v) is 5.72. The summed E-state index contributed by atoms with van der Waals surface area (Å²) in [6, 6.07) is 24.7. The highest BCUT2D eigenvalue weighted by atomic mass is 16.5. The van der Waals surface area contributed by atoms with Gasteiger partial charge >= 0.3 is 0 Å². The fourth-order valence-electron chi connectivity index (χ4n) is 3.82. The molecule has 0 aromatic heterocycles. The topological polar surface area (TPSA) is 82.4 Å². The number of hydrogen-bond donors (Lipinski definition) is 1. The van der Waals surface area contributed by atoms with Crippen LogP contribution in [-0.2, 0) is 22.6 Å². The van der Waals surface area contributed by atoms with Crippen molar-refractivity contribution in [3.8, 4) is 11.8 Å². The van der Waals surface area contributed by atoms with Crippen LogP contribution in [0.1, 0.15) is 23.1 Å². The molecule has 0 aliphatic carbocycles. The average Bonchev–Trinajstić information content (AvgIpc) is 3.22. The number of rotatable bonds is 7. The van der Waals surface area contributed by atoms with Crippen molar-refractivity contribution in [2.75, 3.05) is 16.8 Å². The number of carbonyl (C=O) groups excluding carboxylic acids is 2. The van der Waals surface area contributed by atoms with Gasteiger partial charge < -0.3 is 15.0 Å². The van der Waals surface area contributed by atoms with E-state index in [1.165, 1.54) is 0 Å². The molecule has 1 aliphatic heterocycles. The van der Waals surface area contributed by atoms with E-state index in [1.54, 1.807) is 4.90 Å². The summed E-state index contributed by atoms with van der Waals surface area (Å²) in [6.07, 6.45) is 0.549. The van der Waals surface area contributed by atoms with Gasteiger partial charge in [-0.05, 0) is 42.8 Å². The van der Waals surface area contributed by atoms with Crippen LogP contribution in [0.5, 0.6) is 5.75 Å². The van der Waals surface area contributed by atoms with Crippen LogP contribution < -0.4 is 15.0 Å². The Morgan fingerprint density at radius 1 is 1.09 bits per heavy atom. The number of hydrogen-bond acceptors (Lipinski definition) is 4. The van der Waals surface area contributed by atoms with Gasteiger partial charge in [-0.1, -0.05) is 48.0 Å². The molecule has 6 nitrogen and oxygen atoms in total. The van der Waals surface area contributed by atoms with Crippen molar-refractivity contribution in [2.45, 2.75) is 26.4 Å². The number of ether oxygens (including phenoxy) is 1. The van der Waals surface area contributed by atoms with Crippen LogP contribution in [-0.4, -0.2) is 18.4 Å². The minimum atomic E-state index is -0.416. The summed E-state index contributed by atoms with van der Waals surface area (Å²) in [6.45, 7) is 2.64. The monoisotopic (exact) mass is 439 g/mol. The molecule has 1 unspecified atom stereocenters. The van der Waals surface area contributed by atoms with Gasteiger partial charge in [0, 0.05) is 29.9 Å². The van der Waals surface area contributed by atoms with Gasteiger partial charge in [0.1, 0.15) is 12.4 Å². The van der Waals surface area contributed by atoms with Crippen LogP contribution in [0.4, 0.5) is 11.4 Å². The Morgan fingerprint density at radius 3 is 2.55 bits per heavy atom. The normalized spacial score (nSPS) is 15.2. The molecule has 166 valence electrons. The molecule has 1 fully saturated rings. The van der Waals surface area contributed by atoms with Crippen molar-refractivity contribution < 1.29 is 14.3 Å². The summed E-state index contributed by atoms with van der Waals surface area (Å²) in [5.74, 6) is 0.0511. The molecule has 0 radical (unpaired) electrons. The molecule has 2 amide bonds. The van der Waals surface area contributed by atoms with E-state index in [2.05, 4.69) is 11.4 Å². The highest BCUT2D eigenvalue weighted by molar-refractivity contribution is 6.03. The van der Waals surface area contributed by atoms with Crippen LogP contribution in [0.15, 0.2) is 72.8 Å². The zero-order chi connectivity index (χ0) is 23.2. The lowest BCUT2D eigenvalue weighted by Gasteiger charge is -2.17. The fourth-order valence-corrected chi connectivity index (χ4v) is 3.82. The summed E-state index contributed by atoms with van der Waals surface area (Å²) in [4.78, 5) is 27.2. The lowest BCUT2D eigenvalue weighted by Crippen LogP contribution is -2.28. The maximum atomic E-state index is 13.0. The van der Waals surface area contributed by atoms with Gasteiger partial charge in [-0.25, -0.2) is 0 Å². The van der Waals surface area contributed by atoms with Crippen molar-refractivity contribution in [3.63, 3.8) is 0 Å². The van der Waals surface area contributed by atoms with E-state index >= 15 is 0 Å². The van der Waals surface area contributed by atoms with Crippen LogP contribution in [0.3, 0.4) is 0 Å². The number of carbonyl (C=O) groups is 2. The molecule has 0 bridgehead atoms. The van der Waals surface area contributed by atoms with Crippen molar-refractivity contribution in [2.24, 2.45) is 5.92 Å². The first-order valence-electron chi connectivity index (χ1n) is 10.9. The van der Waals surface area contributed by atoms with Crippen molar-refractivity contribution in [1.29, 1.82) is 5.26 Å². The number of nitriles is 1. The number of amides is 2. The van der Waals surface area contributed by atoms with Crippen molar-refractivity contribution in [1.82, 2.24) is 0 Å². The predicted octanol–water partition coefficient (Wildman–Crippen LogP) is 4.63. The molecule has 3 aromatic rings. The Balaban J connectivity index is 1.39. The van der Waals surface area contributed by atoms with E-state index < -0.39 is 5.92 Å². The van der Waals surface area contributed by atoms with Gasteiger partial charge in [0.15, 0.2) is 0 Å². The molecular weight excluding hydrogens is 414 g/mol. The van der Waals surface area contributed by atoms with E-state index in [0.717, 1.165) is 22.4 Å². The lowest BCUT2D eigenvalue weighted by atomic mass is 10.1. The highest BCUT2D eigenvalue weighted by Crippen LogP contribution is 2.27. The van der Waals surface area contributed by atoms with Gasteiger partial charge in [-0.15, -0.1) is 0 Å². The minimum absolute atomic E-state index is 0.0459. The molecule has 4 rings (SSSR count). The van der Waals surface area contributed by atoms with E-state index in [4.69, 9.17) is 10.00 Å². The van der Waals surface area contributed by atoms with Gasteiger partial charge in [0.25, 0.3) is 0 Å². The second-order valence-corrected chi connectivity index (χ2v) is 8.15. The van der Waals surface area contributed by atoms with Gasteiger partial charge in [-0.3, -0.25) is 9.59 Å². The third-order valence-electron chi connectivity index (χ3n) is 5.72. The van der Waals surface area contributed by atoms with Crippen LogP contribution >= 0.6 is 0 Å². The molecular formula is C27H25N3O3. The summed E-state index contributed by atoms with van der Waals surface area (Å²) in [5, 5.41) is 11.8. The summed E-state index contributed by atoms with van der Waals surface area (Å²) in [7, 11) is 0. The molecule has 1 saturated heterocycles. The lowest BCUT2D eigenvalue weighted by molar-refractivity contribution is -0.122. The van der Waals surface area contributed by atoms with Gasteiger partial charge in [-0.2, -0.15) is 5.26 Å².